The van der Waals surface area contributed by atoms with Gasteiger partial charge in [0.1, 0.15) is 0 Å². The fourth-order valence-electron chi connectivity index (χ4n) is 2.05. The van der Waals surface area contributed by atoms with Gasteiger partial charge in [-0.25, -0.2) is 0 Å². The van der Waals surface area contributed by atoms with E-state index in [1.165, 1.54) is 18.2 Å². The molecule has 4 nitrogen and oxygen atoms in total. The molecule has 0 bridgehead atoms. The maximum Gasteiger partial charge on any atom is 0.254 e. The van der Waals surface area contributed by atoms with E-state index < -0.39 is 18.1 Å². The van der Waals surface area contributed by atoms with E-state index in [1.807, 2.05) is 6.07 Å². The zero-order chi connectivity index (χ0) is 16.1. The zero-order valence-corrected chi connectivity index (χ0v) is 13.1. The van der Waals surface area contributed by atoms with Crippen LogP contribution in [0.4, 0.5) is 0 Å². The molecule has 0 aliphatic heterocycles. The molecule has 116 valence electrons. The van der Waals surface area contributed by atoms with Crippen LogP contribution in [-0.4, -0.2) is 22.7 Å². The number of hydrogen-bond donors (Lipinski definition) is 3. The van der Waals surface area contributed by atoms with E-state index in [2.05, 4.69) is 5.32 Å². The fourth-order valence-corrected chi connectivity index (χ4v) is 2.60. The lowest BCUT2D eigenvalue weighted by atomic mass is 10.1. The lowest BCUT2D eigenvalue weighted by Gasteiger charge is -2.19. The minimum absolute atomic E-state index is 0.279. The third-order valence-electron chi connectivity index (χ3n) is 3.15. The van der Waals surface area contributed by atoms with Crippen LogP contribution in [0.2, 0.25) is 10.0 Å². The molecule has 0 spiro atoms. The molecule has 0 aromatic heterocycles. The van der Waals surface area contributed by atoms with Gasteiger partial charge in [0.15, 0.2) is 6.10 Å². The summed E-state index contributed by atoms with van der Waals surface area (Å²) in [6.07, 6.45) is -1.42. The minimum Gasteiger partial charge on any atom is -0.394 e. The van der Waals surface area contributed by atoms with Crippen molar-refractivity contribution in [1.29, 1.82) is 0 Å². The summed E-state index contributed by atoms with van der Waals surface area (Å²) in [4.78, 5) is 12.2. The molecule has 0 heterocycles. The second-order valence-corrected chi connectivity index (χ2v) is 5.63. The number of rotatable bonds is 5. The van der Waals surface area contributed by atoms with E-state index in [1.54, 1.807) is 24.3 Å². The van der Waals surface area contributed by atoms with Crippen LogP contribution < -0.4 is 5.32 Å². The second-order valence-electron chi connectivity index (χ2n) is 4.76. The van der Waals surface area contributed by atoms with Gasteiger partial charge in [-0.3, -0.25) is 4.79 Å². The van der Waals surface area contributed by atoms with Crippen LogP contribution in [0.5, 0.6) is 0 Å². The normalized spacial score (nSPS) is 13.5. The van der Waals surface area contributed by atoms with E-state index in [4.69, 9.17) is 23.2 Å². The van der Waals surface area contributed by atoms with Crippen LogP contribution in [0.3, 0.4) is 0 Å². The number of aliphatic hydroxyl groups excluding tert-OH is 2. The summed E-state index contributed by atoms with van der Waals surface area (Å²) in [5.41, 5.74) is 1.04. The first-order valence-electron chi connectivity index (χ1n) is 6.61. The van der Waals surface area contributed by atoms with Crippen LogP contribution >= 0.6 is 23.2 Å². The summed E-state index contributed by atoms with van der Waals surface area (Å²) >= 11 is 11.7. The van der Waals surface area contributed by atoms with Gasteiger partial charge in [0.2, 0.25) is 0 Å². The van der Waals surface area contributed by atoms with Crippen LogP contribution in [0.1, 0.15) is 23.3 Å². The fraction of sp³-hybridized carbons (Fsp3) is 0.188. The van der Waals surface area contributed by atoms with Gasteiger partial charge in [-0.15, -0.1) is 0 Å². The van der Waals surface area contributed by atoms with Crippen molar-refractivity contribution < 1.29 is 15.0 Å². The van der Waals surface area contributed by atoms with Crippen molar-refractivity contribution in [3.8, 4) is 0 Å². The number of benzene rings is 2. The van der Waals surface area contributed by atoms with Crippen molar-refractivity contribution in [1.82, 2.24) is 5.32 Å². The molecule has 0 fully saturated rings. The van der Waals surface area contributed by atoms with E-state index in [-0.39, 0.29) is 6.61 Å². The molecule has 3 N–H and O–H groups in total. The Balaban J connectivity index is 2.13. The molecule has 0 saturated heterocycles. The molecule has 2 rings (SSSR count). The average molecular weight is 340 g/mol. The van der Waals surface area contributed by atoms with E-state index in [0.717, 1.165) is 5.56 Å². The Morgan fingerprint density at radius 1 is 1.05 bits per heavy atom. The molecule has 0 radical (unpaired) electrons. The molecule has 0 aliphatic carbocycles. The topological polar surface area (TPSA) is 69.6 Å². The van der Waals surface area contributed by atoms with Crippen molar-refractivity contribution in [2.45, 2.75) is 12.1 Å². The summed E-state index contributed by atoms with van der Waals surface area (Å²) < 4.78 is 0. The number of carbonyl (C=O) groups excluding carboxylic acids is 1. The van der Waals surface area contributed by atoms with Gasteiger partial charge < -0.3 is 15.5 Å². The van der Waals surface area contributed by atoms with Gasteiger partial charge in [-0.2, -0.15) is 0 Å². The van der Waals surface area contributed by atoms with Crippen molar-refractivity contribution in [2.24, 2.45) is 0 Å². The summed E-state index contributed by atoms with van der Waals surface area (Å²) in [6.45, 7) is -0.279. The van der Waals surface area contributed by atoms with Crippen LogP contribution in [0.15, 0.2) is 48.5 Å². The Hall–Kier alpha value is -1.59. The molecule has 2 aromatic carbocycles. The van der Waals surface area contributed by atoms with Gasteiger partial charge in [0.05, 0.1) is 12.6 Å². The van der Waals surface area contributed by atoms with Crippen LogP contribution in [0, 0.1) is 0 Å². The predicted molar refractivity (Wildman–Crippen MR) is 85.8 cm³/mol. The maximum absolute atomic E-state index is 12.2. The quantitative estimate of drug-likeness (QED) is 0.784. The number of hydrogen-bond acceptors (Lipinski definition) is 3. The Bertz CT molecular complexity index is 629. The predicted octanol–water partition coefficient (Wildman–Crippen LogP) is 2.88. The molecular weight excluding hydrogens is 325 g/mol. The van der Waals surface area contributed by atoms with Crippen molar-refractivity contribution in [2.75, 3.05) is 6.61 Å². The summed E-state index contributed by atoms with van der Waals surface area (Å²) in [6, 6.07) is 12.9. The Morgan fingerprint density at radius 2 is 1.64 bits per heavy atom. The molecule has 0 unspecified atom stereocenters. The number of halogens is 2. The molecule has 2 atom stereocenters. The first-order valence-corrected chi connectivity index (χ1v) is 7.37. The lowest BCUT2D eigenvalue weighted by molar-refractivity contribution is -0.130. The molecular formula is C16H15Cl2NO3. The van der Waals surface area contributed by atoms with Crippen molar-refractivity contribution in [3.05, 3.63) is 69.7 Å². The van der Waals surface area contributed by atoms with Crippen molar-refractivity contribution >= 4 is 29.1 Å². The third kappa shape index (κ3) is 4.21. The zero-order valence-electron chi connectivity index (χ0n) is 11.5. The largest absolute Gasteiger partial charge is 0.394 e. The summed E-state index contributed by atoms with van der Waals surface area (Å²) in [7, 11) is 0. The monoisotopic (exact) mass is 339 g/mol. The van der Waals surface area contributed by atoms with Gasteiger partial charge >= 0.3 is 0 Å². The minimum atomic E-state index is -1.42. The summed E-state index contributed by atoms with van der Waals surface area (Å²) in [5.74, 6) is -0.638. The molecule has 22 heavy (non-hydrogen) atoms. The van der Waals surface area contributed by atoms with E-state index >= 15 is 0 Å². The van der Waals surface area contributed by atoms with Gasteiger partial charge in [-0.1, -0.05) is 53.5 Å². The SMILES string of the molecule is O=C(N[C@H](CO)c1ccccc1)[C@H](O)c1cc(Cl)cc(Cl)c1. The number of amides is 1. The highest BCUT2D eigenvalue weighted by Gasteiger charge is 2.22. The first-order chi connectivity index (χ1) is 10.5. The highest BCUT2D eigenvalue weighted by atomic mass is 35.5. The second kappa shape index (κ2) is 7.61. The molecule has 0 aliphatic rings. The molecule has 0 saturated carbocycles. The summed E-state index contributed by atoms with van der Waals surface area (Å²) in [5, 5.41) is 22.8. The average Bonchev–Trinajstić information content (AvgIpc) is 2.51. The lowest BCUT2D eigenvalue weighted by Crippen LogP contribution is -2.34. The Kier molecular flexibility index (Phi) is 5.80. The molecule has 1 amide bonds. The maximum atomic E-state index is 12.2. The number of carbonyl (C=O) groups is 1. The highest BCUT2D eigenvalue weighted by molar-refractivity contribution is 6.34. The van der Waals surface area contributed by atoms with Crippen molar-refractivity contribution in [3.63, 3.8) is 0 Å². The van der Waals surface area contributed by atoms with Crippen LogP contribution in [0.25, 0.3) is 0 Å². The van der Waals surface area contributed by atoms with E-state index in [0.29, 0.717) is 15.6 Å². The third-order valence-corrected chi connectivity index (χ3v) is 3.59. The highest BCUT2D eigenvalue weighted by Crippen LogP contribution is 2.24. The molecule has 2 aromatic rings. The van der Waals surface area contributed by atoms with Gasteiger partial charge in [0.25, 0.3) is 5.91 Å². The van der Waals surface area contributed by atoms with Crippen LogP contribution in [-0.2, 0) is 4.79 Å². The Morgan fingerprint density at radius 3 is 2.18 bits per heavy atom. The first kappa shape index (κ1) is 16.8. The number of nitrogens with one attached hydrogen (secondary N) is 1. The smallest absolute Gasteiger partial charge is 0.254 e. The van der Waals surface area contributed by atoms with Gasteiger partial charge in [-0.05, 0) is 29.3 Å². The molecule has 6 heteroatoms. The Labute approximate surface area is 138 Å². The number of aliphatic hydroxyl groups is 2. The standard InChI is InChI=1S/C16H15Cl2NO3/c17-12-6-11(7-13(18)8-12)15(21)16(22)19-14(9-20)10-4-2-1-3-5-10/h1-8,14-15,20-21H,9H2,(H,19,22)/t14-,15-/m1/s1. The van der Waals surface area contributed by atoms with E-state index in [9.17, 15) is 15.0 Å². The van der Waals surface area contributed by atoms with Gasteiger partial charge in [0, 0.05) is 10.0 Å².